The first-order chi connectivity index (χ1) is 15.2. The molecule has 32 heavy (non-hydrogen) atoms. The van der Waals surface area contributed by atoms with E-state index in [4.69, 9.17) is 0 Å². The van der Waals surface area contributed by atoms with Crippen molar-refractivity contribution in [2.45, 2.75) is 38.8 Å². The monoisotopic (exact) mass is 447 g/mol. The molecule has 0 atom stereocenters. The molecule has 3 aromatic rings. The molecule has 0 aliphatic rings. The van der Waals surface area contributed by atoms with Crippen LogP contribution < -0.4 is 0 Å². The van der Waals surface area contributed by atoms with Crippen LogP contribution in [0.4, 0.5) is 26.3 Å². The molecule has 0 fully saturated rings. The summed E-state index contributed by atoms with van der Waals surface area (Å²) >= 11 is 0. The quantitative estimate of drug-likeness (QED) is 0.217. The van der Waals surface area contributed by atoms with E-state index in [1.54, 1.807) is 12.3 Å². The maximum absolute atomic E-state index is 14.5. The van der Waals surface area contributed by atoms with Gasteiger partial charge in [-0.05, 0) is 59.7 Å². The molecule has 0 saturated carbocycles. The minimum atomic E-state index is -4.93. The third kappa shape index (κ3) is 5.91. The molecule has 1 heterocycles. The summed E-state index contributed by atoms with van der Waals surface area (Å²) in [5, 5.41) is -0.749. The summed E-state index contributed by atoms with van der Waals surface area (Å²) in [6.45, 7) is 2.13. The Bertz CT molecular complexity index is 1200. The van der Waals surface area contributed by atoms with Crippen LogP contribution in [0.25, 0.3) is 22.9 Å². The normalized spacial score (nSPS) is 11.7. The topological polar surface area (TPSA) is 12.9 Å². The number of rotatable bonds is 6. The van der Waals surface area contributed by atoms with Gasteiger partial charge in [-0.1, -0.05) is 37.8 Å². The van der Waals surface area contributed by atoms with Crippen molar-refractivity contribution in [2.75, 3.05) is 0 Å². The molecule has 0 saturated heterocycles. The smallest absolute Gasteiger partial charge is 0.257 e. The number of hydrogen-bond donors (Lipinski definition) is 0. The third-order valence-corrected chi connectivity index (χ3v) is 4.80. The van der Waals surface area contributed by atoms with Crippen LogP contribution in [0.1, 0.15) is 48.6 Å². The van der Waals surface area contributed by atoms with Gasteiger partial charge in [0.25, 0.3) is 0 Å². The number of hydrogen-bond acceptors (Lipinski definition) is 1. The van der Waals surface area contributed by atoms with Crippen LogP contribution in [-0.4, -0.2) is 11.2 Å². The summed E-state index contributed by atoms with van der Waals surface area (Å²) in [6, 6.07) is 6.89. The van der Waals surface area contributed by atoms with Gasteiger partial charge in [-0.2, -0.15) is 13.2 Å². The standard InChI is InChI=1S/C25H19F6N/c1-2-3-4-5-16-6-8-19(32-15-16)9-7-17-12-18-14-21(26)20(10-11-25(29,30)31)24(28)23(18)22(27)13-17/h6-9,12-15H,2-5H2,1H3/b9-7+. The van der Waals surface area contributed by atoms with Gasteiger partial charge in [-0.3, -0.25) is 4.98 Å². The van der Waals surface area contributed by atoms with Crippen molar-refractivity contribution in [3.8, 4) is 11.8 Å². The van der Waals surface area contributed by atoms with E-state index in [0.29, 0.717) is 11.3 Å². The van der Waals surface area contributed by atoms with E-state index in [-0.39, 0.29) is 5.39 Å². The molecule has 0 amide bonds. The predicted octanol–water partition coefficient (Wildman–Crippen LogP) is 7.47. The Kier molecular flexibility index (Phi) is 7.24. The molecule has 3 rings (SSSR count). The van der Waals surface area contributed by atoms with Crippen molar-refractivity contribution in [3.05, 3.63) is 76.4 Å². The van der Waals surface area contributed by atoms with E-state index in [1.807, 2.05) is 12.1 Å². The number of pyridine rings is 1. The highest BCUT2D eigenvalue weighted by Crippen LogP contribution is 2.28. The van der Waals surface area contributed by atoms with Gasteiger partial charge in [0.05, 0.1) is 16.6 Å². The SMILES string of the molecule is CCCCCc1ccc(/C=C/c2cc(F)c3c(F)c(C#CC(F)(F)F)c(F)cc3c2)nc1. The van der Waals surface area contributed by atoms with Crippen molar-refractivity contribution in [2.24, 2.45) is 0 Å². The molecule has 1 aromatic heterocycles. The summed E-state index contributed by atoms with van der Waals surface area (Å²) in [5.74, 6) is -1.59. The summed E-state index contributed by atoms with van der Waals surface area (Å²) in [4.78, 5) is 4.33. The Morgan fingerprint density at radius 1 is 0.969 bits per heavy atom. The zero-order chi connectivity index (χ0) is 23.3. The lowest BCUT2D eigenvalue weighted by molar-refractivity contribution is -0.0696. The van der Waals surface area contributed by atoms with Crippen molar-refractivity contribution >= 4 is 22.9 Å². The number of halogens is 6. The van der Waals surface area contributed by atoms with E-state index < -0.39 is 34.6 Å². The average molecular weight is 447 g/mol. The number of unbranched alkanes of at least 4 members (excludes halogenated alkanes) is 2. The molecule has 0 bridgehead atoms. The number of alkyl halides is 3. The summed E-state index contributed by atoms with van der Waals surface area (Å²) in [6.07, 6.45) is 4.31. The summed E-state index contributed by atoms with van der Waals surface area (Å²) in [5.41, 5.74) is 0.930. The van der Waals surface area contributed by atoms with Gasteiger partial charge in [0, 0.05) is 12.1 Å². The van der Waals surface area contributed by atoms with Gasteiger partial charge < -0.3 is 0 Å². The fourth-order valence-corrected chi connectivity index (χ4v) is 3.22. The van der Waals surface area contributed by atoms with Crippen molar-refractivity contribution < 1.29 is 26.3 Å². The Balaban J connectivity index is 1.88. The van der Waals surface area contributed by atoms with Gasteiger partial charge in [0.15, 0.2) is 5.82 Å². The van der Waals surface area contributed by atoms with Crippen LogP contribution in [0.15, 0.2) is 36.5 Å². The Hall–Kier alpha value is -3.27. The highest BCUT2D eigenvalue weighted by Gasteiger charge is 2.24. The molecule has 2 aromatic carbocycles. The number of benzene rings is 2. The number of aryl methyl sites for hydroxylation is 1. The Morgan fingerprint density at radius 2 is 1.75 bits per heavy atom. The predicted molar refractivity (Wildman–Crippen MR) is 113 cm³/mol. The van der Waals surface area contributed by atoms with Gasteiger partial charge in [-0.15, -0.1) is 0 Å². The zero-order valence-corrected chi connectivity index (χ0v) is 17.2. The molecule has 0 spiro atoms. The van der Waals surface area contributed by atoms with E-state index in [1.165, 1.54) is 18.1 Å². The van der Waals surface area contributed by atoms with Gasteiger partial charge in [-0.25, -0.2) is 13.2 Å². The molecular weight excluding hydrogens is 428 g/mol. The summed E-state index contributed by atoms with van der Waals surface area (Å²) < 4.78 is 80.0. The largest absolute Gasteiger partial charge is 0.458 e. The molecule has 166 valence electrons. The van der Waals surface area contributed by atoms with Crippen LogP contribution in [0, 0.1) is 29.3 Å². The Morgan fingerprint density at radius 3 is 2.41 bits per heavy atom. The molecule has 0 aliphatic carbocycles. The maximum Gasteiger partial charge on any atom is 0.458 e. The second kappa shape index (κ2) is 9.90. The lowest BCUT2D eigenvalue weighted by Gasteiger charge is -2.07. The third-order valence-electron chi connectivity index (χ3n) is 4.80. The second-order valence-electron chi connectivity index (χ2n) is 7.28. The second-order valence-corrected chi connectivity index (χ2v) is 7.28. The molecular formula is C25H19F6N. The molecule has 7 heteroatoms. The van der Waals surface area contributed by atoms with Crippen molar-refractivity contribution in [1.82, 2.24) is 4.98 Å². The van der Waals surface area contributed by atoms with Crippen LogP contribution in [0.3, 0.4) is 0 Å². The van der Waals surface area contributed by atoms with Crippen LogP contribution in [-0.2, 0) is 6.42 Å². The molecule has 0 radical (unpaired) electrons. The fraction of sp³-hybridized carbons (Fsp3) is 0.240. The highest BCUT2D eigenvalue weighted by molar-refractivity contribution is 5.88. The highest BCUT2D eigenvalue weighted by atomic mass is 19.4. The molecule has 0 aliphatic heterocycles. The van der Waals surface area contributed by atoms with E-state index in [2.05, 4.69) is 11.9 Å². The molecule has 0 unspecified atom stereocenters. The first-order valence-electron chi connectivity index (χ1n) is 10.0. The van der Waals surface area contributed by atoms with Gasteiger partial charge in [0.2, 0.25) is 0 Å². The minimum absolute atomic E-state index is 0.128. The van der Waals surface area contributed by atoms with Crippen molar-refractivity contribution in [1.29, 1.82) is 0 Å². The summed E-state index contributed by atoms with van der Waals surface area (Å²) in [7, 11) is 0. The lowest BCUT2D eigenvalue weighted by atomic mass is 10.0. The van der Waals surface area contributed by atoms with Crippen LogP contribution in [0.5, 0.6) is 0 Å². The zero-order valence-electron chi connectivity index (χ0n) is 17.2. The van der Waals surface area contributed by atoms with E-state index in [0.717, 1.165) is 49.3 Å². The number of fused-ring (bicyclic) bond motifs is 1. The van der Waals surface area contributed by atoms with Crippen LogP contribution >= 0.6 is 0 Å². The van der Waals surface area contributed by atoms with Crippen molar-refractivity contribution in [3.63, 3.8) is 0 Å². The van der Waals surface area contributed by atoms with Crippen LogP contribution in [0.2, 0.25) is 0 Å². The van der Waals surface area contributed by atoms with E-state index in [9.17, 15) is 26.3 Å². The minimum Gasteiger partial charge on any atom is -0.257 e. The number of nitrogens with zero attached hydrogens (tertiary/aromatic N) is 1. The first-order valence-corrected chi connectivity index (χ1v) is 10.0. The first kappa shape index (κ1) is 23.4. The maximum atomic E-state index is 14.5. The van der Waals surface area contributed by atoms with Gasteiger partial charge >= 0.3 is 6.18 Å². The molecule has 1 nitrogen and oxygen atoms in total. The van der Waals surface area contributed by atoms with E-state index >= 15 is 0 Å². The average Bonchev–Trinajstić information content (AvgIpc) is 2.72. The Labute approximate surface area is 181 Å². The lowest BCUT2D eigenvalue weighted by Crippen LogP contribution is -2.03. The molecule has 0 N–H and O–H groups in total. The fourth-order valence-electron chi connectivity index (χ4n) is 3.22. The van der Waals surface area contributed by atoms with Gasteiger partial charge in [0.1, 0.15) is 11.6 Å². The number of aromatic nitrogens is 1.